The number of aromatic amines is 1. The van der Waals surface area contributed by atoms with Crippen molar-refractivity contribution in [3.8, 4) is 11.8 Å². The molecule has 3 aromatic carbocycles. The number of hydrogen-bond donors (Lipinski definition) is 1. The van der Waals surface area contributed by atoms with Crippen LogP contribution in [0.25, 0.3) is 22.7 Å². The van der Waals surface area contributed by atoms with E-state index in [1.54, 1.807) is 18.2 Å². The first-order valence-corrected chi connectivity index (χ1v) is 10.0. The topological polar surface area (TPSA) is 61.7 Å². The predicted octanol–water partition coefficient (Wildman–Crippen LogP) is 6.82. The maximum atomic E-state index is 9.66. The van der Waals surface area contributed by atoms with E-state index < -0.39 is 0 Å². The summed E-state index contributed by atoms with van der Waals surface area (Å²) < 4.78 is 5.81. The molecule has 0 saturated carbocycles. The van der Waals surface area contributed by atoms with Gasteiger partial charge in [0.05, 0.1) is 26.7 Å². The third-order valence-corrected chi connectivity index (χ3v) is 5.13. The average Bonchev–Trinajstić information content (AvgIpc) is 3.15. The molecule has 1 N–H and O–H groups in total. The Kier molecular flexibility index (Phi) is 5.76. The molecule has 4 nitrogen and oxygen atoms in total. The monoisotopic (exact) mass is 433 g/mol. The lowest BCUT2D eigenvalue weighted by Crippen LogP contribution is -1.97. The first-order valence-electron chi connectivity index (χ1n) is 9.28. The summed E-state index contributed by atoms with van der Waals surface area (Å²) in [5.74, 6) is 0.909. The number of allylic oxidation sites excluding steroid dienone is 1. The van der Waals surface area contributed by atoms with Gasteiger partial charge in [0.2, 0.25) is 0 Å². The highest BCUT2D eigenvalue weighted by atomic mass is 35.5. The Hall–Kier alpha value is -3.26. The number of nitriles is 1. The van der Waals surface area contributed by atoms with Crippen LogP contribution in [0.4, 0.5) is 0 Å². The molecule has 148 valence electrons. The Balaban J connectivity index is 1.62. The van der Waals surface area contributed by atoms with Crippen molar-refractivity contribution in [2.45, 2.75) is 13.5 Å². The lowest BCUT2D eigenvalue weighted by Gasteiger charge is -2.11. The number of fused-ring (bicyclic) bond motifs is 1. The SMILES string of the molecule is Cc1ccc2nc(C(C#N)=Cc3cc(Cl)c(OCc4ccccc4)c(Cl)c3)[nH]c2c1. The minimum atomic E-state index is 0.358. The van der Waals surface area contributed by atoms with E-state index in [2.05, 4.69) is 16.0 Å². The minimum absolute atomic E-state index is 0.358. The molecule has 0 atom stereocenters. The average molecular weight is 434 g/mol. The summed E-state index contributed by atoms with van der Waals surface area (Å²) >= 11 is 12.8. The summed E-state index contributed by atoms with van der Waals surface area (Å²) in [6.45, 7) is 2.36. The summed E-state index contributed by atoms with van der Waals surface area (Å²) in [5.41, 5.74) is 4.88. The van der Waals surface area contributed by atoms with Crippen molar-refractivity contribution < 1.29 is 4.74 Å². The van der Waals surface area contributed by atoms with Crippen LogP contribution in [0.1, 0.15) is 22.5 Å². The number of imidazole rings is 1. The van der Waals surface area contributed by atoms with Crippen LogP contribution in [-0.2, 0) is 6.61 Å². The van der Waals surface area contributed by atoms with Gasteiger partial charge in [0.15, 0.2) is 5.75 Å². The van der Waals surface area contributed by atoms with Crippen LogP contribution in [0.15, 0.2) is 60.7 Å². The number of aromatic nitrogens is 2. The van der Waals surface area contributed by atoms with Crippen molar-refractivity contribution in [2.24, 2.45) is 0 Å². The Morgan fingerprint density at radius 1 is 1.10 bits per heavy atom. The normalized spacial score (nSPS) is 11.5. The van der Waals surface area contributed by atoms with E-state index in [1.165, 1.54) is 0 Å². The lowest BCUT2D eigenvalue weighted by atomic mass is 10.1. The Morgan fingerprint density at radius 2 is 1.83 bits per heavy atom. The molecule has 1 heterocycles. The zero-order valence-electron chi connectivity index (χ0n) is 16.1. The second kappa shape index (κ2) is 8.62. The number of benzene rings is 3. The molecular formula is C24H17Cl2N3O. The summed E-state index contributed by atoms with van der Waals surface area (Å²) in [5, 5.41) is 10.4. The fourth-order valence-corrected chi connectivity index (χ4v) is 3.71. The fraction of sp³-hybridized carbons (Fsp3) is 0.0833. The van der Waals surface area contributed by atoms with Crippen molar-refractivity contribution in [1.82, 2.24) is 9.97 Å². The van der Waals surface area contributed by atoms with E-state index in [4.69, 9.17) is 27.9 Å². The molecule has 0 bridgehead atoms. The number of hydrogen-bond acceptors (Lipinski definition) is 3. The van der Waals surface area contributed by atoms with Gasteiger partial charge in [-0.1, -0.05) is 59.6 Å². The molecule has 0 saturated heterocycles. The Bertz CT molecular complexity index is 1260. The quantitative estimate of drug-likeness (QED) is 0.351. The van der Waals surface area contributed by atoms with Gasteiger partial charge in [0.1, 0.15) is 18.5 Å². The molecule has 0 amide bonds. The van der Waals surface area contributed by atoms with E-state index in [0.29, 0.717) is 39.4 Å². The Morgan fingerprint density at radius 3 is 2.53 bits per heavy atom. The molecule has 0 spiro atoms. The highest BCUT2D eigenvalue weighted by molar-refractivity contribution is 6.37. The number of rotatable bonds is 5. The van der Waals surface area contributed by atoms with Gasteiger partial charge in [0.25, 0.3) is 0 Å². The Labute approximate surface area is 184 Å². The van der Waals surface area contributed by atoms with Gasteiger partial charge in [-0.05, 0) is 54.0 Å². The van der Waals surface area contributed by atoms with Crippen molar-refractivity contribution in [1.29, 1.82) is 5.26 Å². The molecule has 30 heavy (non-hydrogen) atoms. The van der Waals surface area contributed by atoms with Crippen LogP contribution in [0.5, 0.6) is 5.75 Å². The maximum Gasteiger partial charge on any atom is 0.157 e. The van der Waals surface area contributed by atoms with Crippen LogP contribution >= 0.6 is 23.2 Å². The molecule has 0 radical (unpaired) electrons. The van der Waals surface area contributed by atoms with Crippen molar-refractivity contribution in [3.05, 3.63) is 93.2 Å². The number of H-pyrrole nitrogens is 1. The highest BCUT2D eigenvalue weighted by Gasteiger charge is 2.12. The summed E-state index contributed by atoms with van der Waals surface area (Å²) in [7, 11) is 0. The van der Waals surface area contributed by atoms with E-state index in [1.807, 2.05) is 55.5 Å². The molecule has 0 aliphatic heterocycles. The molecule has 0 fully saturated rings. The molecule has 0 unspecified atom stereocenters. The third-order valence-electron chi connectivity index (χ3n) is 4.57. The smallest absolute Gasteiger partial charge is 0.157 e. The van der Waals surface area contributed by atoms with Gasteiger partial charge in [0, 0.05) is 0 Å². The number of nitrogens with one attached hydrogen (secondary N) is 1. The molecular weight excluding hydrogens is 417 g/mol. The minimum Gasteiger partial charge on any atom is -0.486 e. The van der Waals surface area contributed by atoms with E-state index in [9.17, 15) is 5.26 Å². The molecule has 6 heteroatoms. The first-order chi connectivity index (χ1) is 14.5. The number of nitrogens with zero attached hydrogens (tertiary/aromatic N) is 2. The summed E-state index contributed by atoms with van der Waals surface area (Å²) in [4.78, 5) is 7.70. The lowest BCUT2D eigenvalue weighted by molar-refractivity contribution is 0.306. The second-order valence-electron chi connectivity index (χ2n) is 6.86. The number of aryl methyl sites for hydroxylation is 1. The van der Waals surface area contributed by atoms with Gasteiger partial charge >= 0.3 is 0 Å². The zero-order chi connectivity index (χ0) is 21.1. The van der Waals surface area contributed by atoms with E-state index in [-0.39, 0.29) is 0 Å². The fourth-order valence-electron chi connectivity index (χ4n) is 3.10. The van der Waals surface area contributed by atoms with Crippen molar-refractivity contribution in [3.63, 3.8) is 0 Å². The molecule has 1 aromatic heterocycles. The third kappa shape index (κ3) is 4.33. The second-order valence-corrected chi connectivity index (χ2v) is 7.68. The molecule has 4 aromatic rings. The van der Waals surface area contributed by atoms with E-state index >= 15 is 0 Å². The molecule has 0 aliphatic rings. The predicted molar refractivity (Wildman–Crippen MR) is 122 cm³/mol. The van der Waals surface area contributed by atoms with Crippen LogP contribution < -0.4 is 4.74 Å². The van der Waals surface area contributed by atoms with Crippen LogP contribution in [0.2, 0.25) is 10.0 Å². The first kappa shape index (κ1) is 20.0. The maximum absolute atomic E-state index is 9.66. The zero-order valence-corrected chi connectivity index (χ0v) is 17.6. The molecule has 0 aliphatic carbocycles. The van der Waals surface area contributed by atoms with Gasteiger partial charge in [-0.25, -0.2) is 4.98 Å². The van der Waals surface area contributed by atoms with Crippen molar-refractivity contribution >= 4 is 45.9 Å². The molecule has 4 rings (SSSR count). The summed E-state index contributed by atoms with van der Waals surface area (Å²) in [6.07, 6.45) is 1.70. The van der Waals surface area contributed by atoms with Crippen LogP contribution in [-0.4, -0.2) is 9.97 Å². The van der Waals surface area contributed by atoms with Gasteiger partial charge in [-0.15, -0.1) is 0 Å². The highest BCUT2D eigenvalue weighted by Crippen LogP contribution is 2.36. The summed E-state index contributed by atoms with van der Waals surface area (Å²) in [6, 6.07) is 21.3. The van der Waals surface area contributed by atoms with Gasteiger partial charge in [-0.3, -0.25) is 0 Å². The standard InChI is InChI=1S/C24H17Cl2N3O/c1-15-7-8-21-22(9-15)29-24(28-21)18(13-27)10-17-11-19(25)23(20(26)12-17)30-14-16-5-3-2-4-6-16/h2-12H,14H2,1H3,(H,28,29). The number of halogens is 2. The van der Waals surface area contributed by atoms with Gasteiger partial charge < -0.3 is 9.72 Å². The van der Waals surface area contributed by atoms with Crippen LogP contribution in [0, 0.1) is 18.3 Å². The van der Waals surface area contributed by atoms with Crippen LogP contribution in [0.3, 0.4) is 0 Å². The number of ether oxygens (including phenoxy) is 1. The largest absolute Gasteiger partial charge is 0.486 e. The van der Waals surface area contributed by atoms with E-state index in [0.717, 1.165) is 22.2 Å². The van der Waals surface area contributed by atoms with Gasteiger partial charge in [-0.2, -0.15) is 5.26 Å². The van der Waals surface area contributed by atoms with Crippen molar-refractivity contribution in [2.75, 3.05) is 0 Å².